The Balaban J connectivity index is 1.99. The van der Waals surface area contributed by atoms with Gasteiger partial charge in [-0.05, 0) is 56.9 Å². The largest absolute Gasteiger partial charge is 0.481 e. The van der Waals surface area contributed by atoms with Crippen LogP contribution in [0.4, 0.5) is 5.69 Å². The first-order valence-corrected chi connectivity index (χ1v) is 6.89. The number of nitrogen functional groups attached to an aromatic ring is 1. The summed E-state index contributed by atoms with van der Waals surface area (Å²) < 4.78 is 5.77. The number of hydrogen-bond donors (Lipinski definition) is 1. The Morgan fingerprint density at radius 2 is 2.00 bits per heavy atom. The topological polar surface area (TPSA) is 55.6 Å². The highest BCUT2D eigenvalue weighted by atomic mass is 16.5. The summed E-state index contributed by atoms with van der Waals surface area (Å²) in [6.07, 6.45) is 2.97. The molecule has 4 nitrogen and oxygen atoms in total. The predicted octanol–water partition coefficient (Wildman–Crippen LogP) is 2.36. The molecule has 1 aromatic rings. The number of carbonyl (C=O) groups is 1. The number of hydrogen-bond acceptors (Lipinski definition) is 3. The molecule has 1 fully saturated rings. The standard InChI is InChI=1S/C15H22N2O2/c1-11-10-13(16)6-7-14(11)19-12(2)15(18)17-8-4-3-5-9-17/h6-7,10,12H,3-5,8-9,16H2,1-2H3. The highest BCUT2D eigenvalue weighted by Gasteiger charge is 2.23. The van der Waals surface area contributed by atoms with Gasteiger partial charge in [-0.15, -0.1) is 0 Å². The molecule has 19 heavy (non-hydrogen) atoms. The van der Waals surface area contributed by atoms with Gasteiger partial charge < -0.3 is 15.4 Å². The molecule has 1 unspecified atom stereocenters. The Morgan fingerprint density at radius 1 is 1.32 bits per heavy atom. The van der Waals surface area contributed by atoms with Gasteiger partial charge in [0.1, 0.15) is 5.75 Å². The van der Waals surface area contributed by atoms with Gasteiger partial charge in [-0.2, -0.15) is 0 Å². The summed E-state index contributed by atoms with van der Waals surface area (Å²) in [6, 6.07) is 5.47. The van der Waals surface area contributed by atoms with Crippen LogP contribution in [-0.2, 0) is 4.79 Å². The Morgan fingerprint density at radius 3 is 2.63 bits per heavy atom. The maximum Gasteiger partial charge on any atom is 0.263 e. The summed E-state index contributed by atoms with van der Waals surface area (Å²) in [5, 5.41) is 0. The van der Waals surface area contributed by atoms with Crippen LogP contribution in [0.2, 0.25) is 0 Å². The van der Waals surface area contributed by atoms with E-state index in [9.17, 15) is 4.79 Å². The van der Waals surface area contributed by atoms with Crippen LogP contribution in [0, 0.1) is 6.92 Å². The van der Waals surface area contributed by atoms with E-state index in [0.29, 0.717) is 5.69 Å². The molecular weight excluding hydrogens is 240 g/mol. The molecule has 2 N–H and O–H groups in total. The van der Waals surface area contributed by atoms with Gasteiger partial charge in [0.05, 0.1) is 0 Å². The lowest BCUT2D eigenvalue weighted by Gasteiger charge is -2.29. The van der Waals surface area contributed by atoms with E-state index in [4.69, 9.17) is 10.5 Å². The molecule has 0 spiro atoms. The fourth-order valence-corrected chi connectivity index (χ4v) is 2.42. The number of amides is 1. The van der Waals surface area contributed by atoms with Crippen LogP contribution in [0.3, 0.4) is 0 Å². The zero-order valence-electron chi connectivity index (χ0n) is 11.7. The van der Waals surface area contributed by atoms with Gasteiger partial charge in [0, 0.05) is 18.8 Å². The third-order valence-corrected chi connectivity index (χ3v) is 3.52. The maximum absolute atomic E-state index is 12.3. The number of likely N-dealkylation sites (tertiary alicyclic amines) is 1. The molecule has 0 saturated carbocycles. The van der Waals surface area contributed by atoms with Crippen molar-refractivity contribution in [3.05, 3.63) is 23.8 Å². The zero-order valence-corrected chi connectivity index (χ0v) is 11.7. The van der Waals surface area contributed by atoms with Crippen LogP contribution in [0.1, 0.15) is 31.7 Å². The molecular formula is C15H22N2O2. The Bertz CT molecular complexity index is 453. The van der Waals surface area contributed by atoms with E-state index >= 15 is 0 Å². The third-order valence-electron chi connectivity index (χ3n) is 3.52. The molecule has 1 aliphatic heterocycles. The molecule has 1 atom stereocenters. The van der Waals surface area contributed by atoms with E-state index in [1.54, 1.807) is 6.07 Å². The average molecular weight is 262 g/mol. The number of piperidine rings is 1. The minimum absolute atomic E-state index is 0.0796. The van der Waals surface area contributed by atoms with E-state index in [1.807, 2.05) is 30.9 Å². The van der Waals surface area contributed by atoms with E-state index in [1.165, 1.54) is 6.42 Å². The van der Waals surface area contributed by atoms with E-state index in [0.717, 1.165) is 37.2 Å². The number of carbonyl (C=O) groups excluding carboxylic acids is 1. The van der Waals surface area contributed by atoms with Crippen molar-refractivity contribution < 1.29 is 9.53 Å². The molecule has 0 aliphatic carbocycles. The van der Waals surface area contributed by atoms with Gasteiger partial charge in [0.25, 0.3) is 5.91 Å². The average Bonchev–Trinajstić information content (AvgIpc) is 2.42. The first-order chi connectivity index (χ1) is 9.08. The van der Waals surface area contributed by atoms with Crippen molar-refractivity contribution in [2.24, 2.45) is 0 Å². The monoisotopic (exact) mass is 262 g/mol. The molecule has 1 aliphatic rings. The van der Waals surface area contributed by atoms with Gasteiger partial charge in [0.2, 0.25) is 0 Å². The highest BCUT2D eigenvalue weighted by Crippen LogP contribution is 2.22. The first kappa shape index (κ1) is 13.7. The number of nitrogens with zero attached hydrogens (tertiary/aromatic N) is 1. The predicted molar refractivity (Wildman–Crippen MR) is 76.1 cm³/mol. The summed E-state index contributed by atoms with van der Waals surface area (Å²) in [5.41, 5.74) is 7.37. The number of aryl methyl sites for hydroxylation is 1. The van der Waals surface area contributed by atoms with Crippen LogP contribution >= 0.6 is 0 Å². The number of anilines is 1. The van der Waals surface area contributed by atoms with Crippen molar-refractivity contribution in [3.8, 4) is 5.75 Å². The van der Waals surface area contributed by atoms with Crippen molar-refractivity contribution in [1.82, 2.24) is 4.90 Å². The molecule has 2 rings (SSSR count). The van der Waals surface area contributed by atoms with Crippen LogP contribution in [0.15, 0.2) is 18.2 Å². The Hall–Kier alpha value is -1.71. The molecule has 104 valence electrons. The van der Waals surface area contributed by atoms with Crippen molar-refractivity contribution in [3.63, 3.8) is 0 Å². The van der Waals surface area contributed by atoms with Crippen LogP contribution < -0.4 is 10.5 Å². The number of rotatable bonds is 3. The summed E-state index contributed by atoms with van der Waals surface area (Å²) in [4.78, 5) is 14.2. The van der Waals surface area contributed by atoms with Crippen molar-refractivity contribution in [1.29, 1.82) is 0 Å². The first-order valence-electron chi connectivity index (χ1n) is 6.89. The molecule has 1 saturated heterocycles. The van der Waals surface area contributed by atoms with Crippen LogP contribution in [-0.4, -0.2) is 30.0 Å². The van der Waals surface area contributed by atoms with E-state index < -0.39 is 6.10 Å². The molecule has 0 bridgehead atoms. The van der Waals surface area contributed by atoms with Crippen LogP contribution in [0.5, 0.6) is 5.75 Å². The minimum Gasteiger partial charge on any atom is -0.481 e. The number of benzene rings is 1. The summed E-state index contributed by atoms with van der Waals surface area (Å²) >= 11 is 0. The van der Waals surface area contributed by atoms with Gasteiger partial charge in [-0.25, -0.2) is 0 Å². The van der Waals surface area contributed by atoms with E-state index in [-0.39, 0.29) is 5.91 Å². The summed E-state index contributed by atoms with van der Waals surface area (Å²) in [5.74, 6) is 0.808. The Kier molecular flexibility index (Phi) is 4.30. The zero-order chi connectivity index (χ0) is 13.8. The second-order valence-corrected chi connectivity index (χ2v) is 5.17. The van der Waals surface area contributed by atoms with Gasteiger partial charge in [0.15, 0.2) is 6.10 Å². The normalized spacial score (nSPS) is 17.1. The minimum atomic E-state index is -0.444. The number of ether oxygens (including phenoxy) is 1. The summed E-state index contributed by atoms with van der Waals surface area (Å²) in [7, 11) is 0. The Labute approximate surface area is 114 Å². The second-order valence-electron chi connectivity index (χ2n) is 5.17. The molecule has 0 aromatic heterocycles. The van der Waals surface area contributed by atoms with Crippen molar-refractivity contribution in [2.75, 3.05) is 18.8 Å². The van der Waals surface area contributed by atoms with Crippen LogP contribution in [0.25, 0.3) is 0 Å². The van der Waals surface area contributed by atoms with Gasteiger partial charge >= 0.3 is 0 Å². The molecule has 1 amide bonds. The smallest absolute Gasteiger partial charge is 0.263 e. The fraction of sp³-hybridized carbons (Fsp3) is 0.533. The quantitative estimate of drug-likeness (QED) is 0.851. The van der Waals surface area contributed by atoms with Gasteiger partial charge in [-0.3, -0.25) is 4.79 Å². The van der Waals surface area contributed by atoms with Gasteiger partial charge in [-0.1, -0.05) is 0 Å². The fourth-order valence-electron chi connectivity index (χ4n) is 2.42. The highest BCUT2D eigenvalue weighted by molar-refractivity contribution is 5.81. The van der Waals surface area contributed by atoms with E-state index in [2.05, 4.69) is 0 Å². The lowest BCUT2D eigenvalue weighted by atomic mass is 10.1. The molecule has 4 heteroatoms. The summed E-state index contributed by atoms with van der Waals surface area (Å²) in [6.45, 7) is 5.46. The molecule has 1 heterocycles. The molecule has 0 radical (unpaired) electrons. The lowest BCUT2D eigenvalue weighted by molar-refractivity contribution is -0.138. The number of nitrogens with two attached hydrogens (primary N) is 1. The second kappa shape index (κ2) is 5.95. The SMILES string of the molecule is Cc1cc(N)ccc1OC(C)C(=O)N1CCCCC1. The van der Waals surface area contributed by atoms with Crippen molar-refractivity contribution in [2.45, 2.75) is 39.2 Å². The maximum atomic E-state index is 12.3. The molecule has 1 aromatic carbocycles. The lowest BCUT2D eigenvalue weighted by Crippen LogP contribution is -2.43. The third kappa shape index (κ3) is 3.40. The van der Waals surface area contributed by atoms with Crippen molar-refractivity contribution >= 4 is 11.6 Å².